The van der Waals surface area contributed by atoms with Crippen LogP contribution in [0.25, 0.3) is 0 Å². The topological polar surface area (TPSA) is 114 Å². The summed E-state index contributed by atoms with van der Waals surface area (Å²) < 4.78 is 19.9. The van der Waals surface area contributed by atoms with E-state index in [-0.39, 0.29) is 6.61 Å². The maximum absolute atomic E-state index is 11.3. The molecule has 0 radical (unpaired) electrons. The van der Waals surface area contributed by atoms with Crippen molar-refractivity contribution in [3.8, 4) is 5.75 Å². The second-order valence-electron chi connectivity index (χ2n) is 4.52. The summed E-state index contributed by atoms with van der Waals surface area (Å²) >= 11 is 0. The quantitative estimate of drug-likeness (QED) is 0.460. The van der Waals surface area contributed by atoms with Crippen LogP contribution in [-0.4, -0.2) is 28.4 Å². The van der Waals surface area contributed by atoms with Crippen molar-refractivity contribution in [1.29, 1.82) is 0 Å². The van der Waals surface area contributed by atoms with Gasteiger partial charge in [0.25, 0.3) is 0 Å². The van der Waals surface area contributed by atoms with Crippen LogP contribution in [0.4, 0.5) is 0 Å². The first kappa shape index (κ1) is 18.6. The van der Waals surface area contributed by atoms with E-state index in [9.17, 15) is 9.36 Å². The molecule has 0 heterocycles. The summed E-state index contributed by atoms with van der Waals surface area (Å²) in [7, 11) is -4.84. The summed E-state index contributed by atoms with van der Waals surface area (Å²) in [6.07, 6.45) is 0.928. The molecule has 0 saturated heterocycles. The van der Waals surface area contributed by atoms with Gasteiger partial charge in [0.05, 0.1) is 13.2 Å². The molecular weight excluding hydrogens is 313 g/mol. The first-order chi connectivity index (χ1) is 10.3. The second kappa shape index (κ2) is 8.87. The van der Waals surface area contributed by atoms with E-state index in [1.807, 2.05) is 19.1 Å². The smallest absolute Gasteiger partial charge is 0.494 e. The van der Waals surface area contributed by atoms with Crippen LogP contribution in [0.2, 0.25) is 0 Å². The van der Waals surface area contributed by atoms with Gasteiger partial charge in [0.15, 0.2) is 0 Å². The summed E-state index contributed by atoms with van der Waals surface area (Å²) in [5, 5.41) is 0. The summed E-state index contributed by atoms with van der Waals surface area (Å²) in [6, 6.07) is 6.22. The molecule has 1 atom stereocenters. The van der Waals surface area contributed by atoms with Crippen molar-refractivity contribution in [1.82, 2.24) is 5.48 Å². The Morgan fingerprint density at radius 1 is 1.32 bits per heavy atom. The van der Waals surface area contributed by atoms with Gasteiger partial charge in [-0.1, -0.05) is 19.1 Å². The molecule has 9 heteroatoms. The lowest BCUT2D eigenvalue weighted by Gasteiger charge is -2.13. The Labute approximate surface area is 128 Å². The fourth-order valence-electron chi connectivity index (χ4n) is 1.40. The number of hydrogen-bond donors (Lipinski definition) is 3. The van der Waals surface area contributed by atoms with Gasteiger partial charge in [0.1, 0.15) is 11.8 Å². The van der Waals surface area contributed by atoms with Crippen molar-refractivity contribution >= 4 is 13.8 Å². The zero-order valence-corrected chi connectivity index (χ0v) is 13.3. The number of carbonyl (C=O) groups excluding carboxylic acids is 1. The predicted octanol–water partition coefficient (Wildman–Crippen LogP) is 1.52. The number of hydroxylamine groups is 1. The van der Waals surface area contributed by atoms with E-state index in [0.717, 1.165) is 17.7 Å². The standard InChI is InChI=1S/C13H20NO7P/c1-3-8-19-12-6-4-11(5-7-12)9-20-14-10(2)13(15)21-22(16,17)18/h4-7,10,14H,3,8-9H2,1-2H3,(H2,16,17,18)/t10-/m0/s1. The van der Waals surface area contributed by atoms with Crippen LogP contribution in [-0.2, 0) is 25.3 Å². The van der Waals surface area contributed by atoms with E-state index in [0.29, 0.717) is 6.61 Å². The van der Waals surface area contributed by atoms with Crippen LogP contribution in [0.3, 0.4) is 0 Å². The molecule has 8 nitrogen and oxygen atoms in total. The molecule has 3 N–H and O–H groups in total. The third-order valence-corrected chi connectivity index (χ3v) is 2.88. The molecule has 0 aliphatic rings. The van der Waals surface area contributed by atoms with Crippen LogP contribution >= 0.6 is 7.82 Å². The van der Waals surface area contributed by atoms with Crippen molar-refractivity contribution < 1.29 is 33.2 Å². The second-order valence-corrected chi connectivity index (χ2v) is 5.69. The Morgan fingerprint density at radius 2 is 1.95 bits per heavy atom. The average Bonchev–Trinajstić information content (AvgIpc) is 2.44. The molecule has 124 valence electrons. The highest BCUT2D eigenvalue weighted by atomic mass is 31.2. The molecule has 0 saturated carbocycles. The van der Waals surface area contributed by atoms with E-state index < -0.39 is 19.8 Å². The number of ether oxygens (including phenoxy) is 1. The Kier molecular flexibility index (Phi) is 7.50. The van der Waals surface area contributed by atoms with Gasteiger partial charge in [-0.3, -0.25) is 14.6 Å². The molecule has 1 aromatic carbocycles. The summed E-state index contributed by atoms with van der Waals surface area (Å²) in [4.78, 5) is 33.4. The summed E-state index contributed by atoms with van der Waals surface area (Å²) in [6.45, 7) is 4.20. The van der Waals surface area contributed by atoms with E-state index in [4.69, 9.17) is 19.4 Å². The van der Waals surface area contributed by atoms with E-state index >= 15 is 0 Å². The number of rotatable bonds is 9. The minimum atomic E-state index is -4.84. The molecule has 0 fully saturated rings. The maximum atomic E-state index is 11.3. The molecule has 0 aromatic heterocycles. The predicted molar refractivity (Wildman–Crippen MR) is 77.8 cm³/mol. The van der Waals surface area contributed by atoms with Gasteiger partial charge in [-0.15, -0.1) is 0 Å². The van der Waals surface area contributed by atoms with Crippen LogP contribution in [0.5, 0.6) is 5.75 Å². The van der Waals surface area contributed by atoms with Crippen molar-refractivity contribution in [2.24, 2.45) is 0 Å². The fraction of sp³-hybridized carbons (Fsp3) is 0.462. The third kappa shape index (κ3) is 7.53. The van der Waals surface area contributed by atoms with E-state index in [2.05, 4.69) is 10.0 Å². The lowest BCUT2D eigenvalue weighted by molar-refractivity contribution is -0.142. The molecule has 1 rings (SSSR count). The third-order valence-electron chi connectivity index (χ3n) is 2.46. The number of phosphoric acid groups is 1. The van der Waals surface area contributed by atoms with Crippen molar-refractivity contribution in [3.63, 3.8) is 0 Å². The minimum Gasteiger partial charge on any atom is -0.494 e. The Balaban J connectivity index is 2.34. The number of nitrogens with one attached hydrogen (secondary N) is 1. The minimum absolute atomic E-state index is 0.168. The molecular formula is C13H20NO7P. The molecule has 1 aromatic rings. The molecule has 0 amide bonds. The normalized spacial score (nSPS) is 12.7. The van der Waals surface area contributed by atoms with Crippen LogP contribution < -0.4 is 10.2 Å². The van der Waals surface area contributed by atoms with Crippen LogP contribution in [0, 0.1) is 0 Å². The molecule has 0 aliphatic carbocycles. The van der Waals surface area contributed by atoms with Gasteiger partial charge >= 0.3 is 13.8 Å². The van der Waals surface area contributed by atoms with Gasteiger partial charge in [-0.2, -0.15) is 5.48 Å². The van der Waals surface area contributed by atoms with E-state index in [1.165, 1.54) is 6.92 Å². The zero-order chi connectivity index (χ0) is 16.6. The molecule has 22 heavy (non-hydrogen) atoms. The van der Waals surface area contributed by atoms with Crippen LogP contribution in [0.15, 0.2) is 24.3 Å². The van der Waals surface area contributed by atoms with E-state index in [1.54, 1.807) is 12.1 Å². The molecule has 0 bridgehead atoms. The number of hydrogen-bond acceptors (Lipinski definition) is 6. The fourth-order valence-corrected chi connectivity index (χ4v) is 1.79. The van der Waals surface area contributed by atoms with Crippen LogP contribution in [0.1, 0.15) is 25.8 Å². The summed E-state index contributed by atoms with van der Waals surface area (Å²) in [5.74, 6) is -0.339. The van der Waals surface area contributed by atoms with Crippen molar-refractivity contribution in [2.45, 2.75) is 32.9 Å². The van der Waals surface area contributed by atoms with Gasteiger partial charge in [-0.25, -0.2) is 9.36 Å². The lowest BCUT2D eigenvalue weighted by atomic mass is 10.2. The van der Waals surface area contributed by atoms with Crippen molar-refractivity contribution in [2.75, 3.05) is 6.61 Å². The number of benzene rings is 1. The van der Waals surface area contributed by atoms with Crippen molar-refractivity contribution in [3.05, 3.63) is 29.8 Å². The maximum Gasteiger partial charge on any atom is 0.527 e. The first-order valence-electron chi connectivity index (χ1n) is 6.70. The highest BCUT2D eigenvalue weighted by molar-refractivity contribution is 7.46. The largest absolute Gasteiger partial charge is 0.527 e. The van der Waals surface area contributed by atoms with Gasteiger partial charge in [-0.05, 0) is 31.0 Å². The molecule has 0 unspecified atom stereocenters. The SMILES string of the molecule is CCCOc1ccc(CON[C@@H](C)C(=O)OP(=O)(O)O)cc1. The number of phosphoric ester groups is 1. The lowest BCUT2D eigenvalue weighted by Crippen LogP contribution is -2.34. The molecule has 0 aliphatic heterocycles. The summed E-state index contributed by atoms with van der Waals surface area (Å²) in [5.41, 5.74) is 3.19. The van der Waals surface area contributed by atoms with Gasteiger partial charge < -0.3 is 9.26 Å². The monoisotopic (exact) mass is 333 g/mol. The Morgan fingerprint density at radius 3 is 2.50 bits per heavy atom. The Hall–Kier alpha value is -1.44. The highest BCUT2D eigenvalue weighted by Crippen LogP contribution is 2.36. The zero-order valence-electron chi connectivity index (χ0n) is 12.4. The average molecular weight is 333 g/mol. The van der Waals surface area contributed by atoms with Gasteiger partial charge in [0, 0.05) is 0 Å². The Bertz CT molecular complexity index is 514. The molecule has 0 spiro atoms. The number of carbonyl (C=O) groups is 1. The highest BCUT2D eigenvalue weighted by Gasteiger charge is 2.24. The first-order valence-corrected chi connectivity index (χ1v) is 8.23. The van der Waals surface area contributed by atoms with Gasteiger partial charge in [0.2, 0.25) is 0 Å².